The Morgan fingerprint density at radius 1 is 1.19 bits per heavy atom. The largest absolute Gasteiger partial charge is 0.455 e. The van der Waals surface area contributed by atoms with Crippen LogP contribution in [0.1, 0.15) is 38.2 Å². The number of nitrogens with one attached hydrogen (secondary N) is 2. The second kappa shape index (κ2) is 8.58. The van der Waals surface area contributed by atoms with Crippen molar-refractivity contribution in [2.24, 2.45) is 5.92 Å². The molecule has 0 bridgehead atoms. The zero-order chi connectivity index (χ0) is 18.5. The van der Waals surface area contributed by atoms with E-state index < -0.39 is 24.5 Å². The van der Waals surface area contributed by atoms with E-state index in [1.165, 1.54) is 18.2 Å². The van der Waals surface area contributed by atoms with Crippen LogP contribution >= 0.6 is 11.8 Å². The van der Waals surface area contributed by atoms with Crippen LogP contribution in [0.4, 0.5) is 4.79 Å². The predicted molar refractivity (Wildman–Crippen MR) is 98.8 cm³/mol. The van der Waals surface area contributed by atoms with Gasteiger partial charge in [0, 0.05) is 10.9 Å². The molecule has 3 rings (SSSR count). The summed E-state index contributed by atoms with van der Waals surface area (Å²) >= 11 is 1.45. The van der Waals surface area contributed by atoms with Crippen LogP contribution in [0.25, 0.3) is 0 Å². The fourth-order valence-corrected chi connectivity index (χ4v) is 4.63. The molecule has 1 saturated carbocycles. The fourth-order valence-electron chi connectivity index (χ4n) is 3.44. The summed E-state index contributed by atoms with van der Waals surface area (Å²) in [7, 11) is 0. The Bertz CT molecular complexity index is 669. The van der Waals surface area contributed by atoms with Crippen molar-refractivity contribution < 1.29 is 19.1 Å². The Morgan fingerprint density at radius 3 is 2.73 bits per heavy atom. The first-order valence-electron chi connectivity index (χ1n) is 9.04. The second-order valence-corrected chi connectivity index (χ2v) is 8.16. The van der Waals surface area contributed by atoms with Crippen molar-refractivity contribution in [1.29, 1.82) is 0 Å². The molecule has 3 amide bonds. The first-order chi connectivity index (χ1) is 12.5. The van der Waals surface area contributed by atoms with E-state index in [4.69, 9.17) is 4.74 Å². The molecule has 6 nitrogen and oxygen atoms in total. The molecule has 26 heavy (non-hydrogen) atoms. The molecule has 2 N–H and O–H groups in total. The molecule has 0 radical (unpaired) electrons. The lowest BCUT2D eigenvalue weighted by molar-refractivity contribution is -0.147. The van der Waals surface area contributed by atoms with Crippen molar-refractivity contribution in [3.05, 3.63) is 29.8 Å². The third kappa shape index (κ3) is 4.78. The minimum absolute atomic E-state index is 0.0903. The number of amides is 3. The molecule has 7 heteroatoms. The Morgan fingerprint density at radius 2 is 1.96 bits per heavy atom. The van der Waals surface area contributed by atoms with Crippen LogP contribution in [0.15, 0.2) is 29.2 Å². The van der Waals surface area contributed by atoms with E-state index in [1.54, 1.807) is 0 Å². The highest BCUT2D eigenvalue weighted by molar-refractivity contribution is 8.01. The Balaban J connectivity index is 1.38. The third-order valence-corrected chi connectivity index (χ3v) is 6.23. The summed E-state index contributed by atoms with van der Waals surface area (Å²) in [5.41, 5.74) is 1.12. The molecule has 1 aromatic rings. The monoisotopic (exact) mass is 376 g/mol. The van der Waals surface area contributed by atoms with E-state index in [9.17, 15) is 14.4 Å². The van der Waals surface area contributed by atoms with Gasteiger partial charge in [-0.2, -0.15) is 0 Å². The smallest absolute Gasteiger partial charge is 0.321 e. The summed E-state index contributed by atoms with van der Waals surface area (Å²) in [6.07, 6.45) is 4.87. The highest BCUT2D eigenvalue weighted by Crippen LogP contribution is 2.37. The van der Waals surface area contributed by atoms with Gasteiger partial charge in [-0.25, -0.2) is 4.79 Å². The van der Waals surface area contributed by atoms with Crippen molar-refractivity contribution >= 4 is 29.7 Å². The van der Waals surface area contributed by atoms with Crippen molar-refractivity contribution in [1.82, 2.24) is 10.6 Å². The molecular formula is C19H24N2O4S. The summed E-state index contributed by atoms with van der Waals surface area (Å²) in [5.74, 6) is -0.633. The Kier molecular flexibility index (Phi) is 6.19. The Hall–Kier alpha value is -2.02. The van der Waals surface area contributed by atoms with Crippen LogP contribution in [-0.4, -0.2) is 35.8 Å². The van der Waals surface area contributed by atoms with Crippen molar-refractivity contribution in [2.45, 2.75) is 55.2 Å². The molecule has 1 aromatic carbocycles. The molecule has 1 aliphatic heterocycles. The standard InChI is InChI=1S/C19H24N2O4S/c1-12-6-2-4-8-14(12)20-19(24)21-17(22)11-25-18(23)16-10-13-7-3-5-9-15(13)26-16/h3,5,7,9,12,14,16H,2,4,6,8,10-11H2,1H3,(H2,20,21,22,24). The van der Waals surface area contributed by atoms with Crippen LogP contribution in [0.2, 0.25) is 0 Å². The molecule has 140 valence electrons. The number of urea groups is 1. The lowest BCUT2D eigenvalue weighted by atomic mass is 9.86. The number of ether oxygens (including phenoxy) is 1. The summed E-state index contributed by atoms with van der Waals surface area (Å²) in [6, 6.07) is 7.39. The minimum atomic E-state index is -0.611. The second-order valence-electron chi connectivity index (χ2n) is 6.92. The third-order valence-electron chi connectivity index (χ3n) is 4.94. The van der Waals surface area contributed by atoms with Gasteiger partial charge in [0.2, 0.25) is 0 Å². The molecule has 1 aliphatic carbocycles. The number of imide groups is 1. The molecule has 1 heterocycles. The maximum atomic E-state index is 12.1. The van der Waals surface area contributed by atoms with E-state index >= 15 is 0 Å². The van der Waals surface area contributed by atoms with Gasteiger partial charge in [-0.15, -0.1) is 11.8 Å². The van der Waals surface area contributed by atoms with Gasteiger partial charge in [-0.05, 0) is 36.8 Å². The van der Waals surface area contributed by atoms with Gasteiger partial charge in [0.05, 0.1) is 0 Å². The quantitative estimate of drug-likeness (QED) is 0.789. The fraction of sp³-hybridized carbons (Fsp3) is 0.526. The highest BCUT2D eigenvalue weighted by atomic mass is 32.2. The number of carbonyl (C=O) groups is 3. The van der Waals surface area contributed by atoms with E-state index in [1.807, 2.05) is 24.3 Å². The maximum Gasteiger partial charge on any atom is 0.321 e. The van der Waals surface area contributed by atoms with Crippen LogP contribution < -0.4 is 10.6 Å². The van der Waals surface area contributed by atoms with Gasteiger partial charge in [-0.1, -0.05) is 38.0 Å². The minimum Gasteiger partial charge on any atom is -0.455 e. The lowest BCUT2D eigenvalue weighted by Crippen LogP contribution is -2.48. The topological polar surface area (TPSA) is 84.5 Å². The zero-order valence-corrected chi connectivity index (χ0v) is 15.6. The van der Waals surface area contributed by atoms with Gasteiger partial charge in [0.15, 0.2) is 6.61 Å². The van der Waals surface area contributed by atoms with Crippen molar-refractivity contribution in [3.8, 4) is 0 Å². The van der Waals surface area contributed by atoms with E-state index in [0.717, 1.165) is 29.7 Å². The van der Waals surface area contributed by atoms with Crippen molar-refractivity contribution in [2.75, 3.05) is 6.61 Å². The molecule has 0 spiro atoms. The number of hydrogen-bond donors (Lipinski definition) is 2. The summed E-state index contributed by atoms with van der Waals surface area (Å²) < 4.78 is 5.08. The van der Waals surface area contributed by atoms with E-state index in [2.05, 4.69) is 17.6 Å². The normalized spacial score (nSPS) is 24.4. The van der Waals surface area contributed by atoms with E-state index in [-0.39, 0.29) is 11.3 Å². The van der Waals surface area contributed by atoms with Gasteiger partial charge < -0.3 is 10.1 Å². The number of carbonyl (C=O) groups excluding carboxylic acids is 3. The number of rotatable bonds is 4. The molecule has 1 fully saturated rings. The average molecular weight is 376 g/mol. The van der Waals surface area contributed by atoms with Gasteiger partial charge in [0.25, 0.3) is 5.91 Å². The van der Waals surface area contributed by atoms with Crippen LogP contribution in [0, 0.1) is 5.92 Å². The SMILES string of the molecule is CC1CCCCC1NC(=O)NC(=O)COC(=O)C1Cc2ccccc2S1. The highest BCUT2D eigenvalue weighted by Gasteiger charge is 2.30. The summed E-state index contributed by atoms with van der Waals surface area (Å²) in [4.78, 5) is 37.0. The number of esters is 1. The molecular weight excluding hydrogens is 352 g/mol. The summed E-state index contributed by atoms with van der Waals surface area (Å²) in [5, 5.41) is 4.74. The van der Waals surface area contributed by atoms with Gasteiger partial charge >= 0.3 is 12.0 Å². The molecule has 2 aliphatic rings. The molecule has 3 atom stereocenters. The molecule has 0 saturated heterocycles. The Labute approximate surface area is 157 Å². The predicted octanol–water partition coefficient (Wildman–Crippen LogP) is 2.65. The number of fused-ring (bicyclic) bond motifs is 1. The number of benzene rings is 1. The zero-order valence-electron chi connectivity index (χ0n) is 14.8. The first kappa shape index (κ1) is 18.8. The number of hydrogen-bond acceptors (Lipinski definition) is 5. The van der Waals surface area contributed by atoms with Crippen molar-refractivity contribution in [3.63, 3.8) is 0 Å². The first-order valence-corrected chi connectivity index (χ1v) is 9.92. The van der Waals surface area contributed by atoms with Gasteiger partial charge in [-0.3, -0.25) is 14.9 Å². The van der Waals surface area contributed by atoms with Gasteiger partial charge in [0.1, 0.15) is 5.25 Å². The van der Waals surface area contributed by atoms with Crippen LogP contribution in [-0.2, 0) is 20.7 Å². The van der Waals surface area contributed by atoms with Crippen LogP contribution in [0.3, 0.4) is 0 Å². The van der Waals surface area contributed by atoms with Crippen LogP contribution in [0.5, 0.6) is 0 Å². The number of thioether (sulfide) groups is 1. The molecule has 3 unspecified atom stereocenters. The summed E-state index contributed by atoms with van der Waals surface area (Å²) in [6.45, 7) is 1.66. The maximum absolute atomic E-state index is 12.1. The lowest BCUT2D eigenvalue weighted by Gasteiger charge is -2.29. The molecule has 0 aromatic heterocycles. The van der Waals surface area contributed by atoms with E-state index in [0.29, 0.717) is 12.3 Å². The average Bonchev–Trinajstić information content (AvgIpc) is 3.06.